The summed E-state index contributed by atoms with van der Waals surface area (Å²) in [5.74, 6) is 1.09. The van der Waals surface area contributed by atoms with Gasteiger partial charge in [0.25, 0.3) is 0 Å². The monoisotopic (exact) mass is 329 g/mol. The van der Waals surface area contributed by atoms with Gasteiger partial charge in [-0.25, -0.2) is 13.1 Å². The second-order valence-corrected chi connectivity index (χ2v) is 8.77. The van der Waals surface area contributed by atoms with Crippen LogP contribution in [0.25, 0.3) is 0 Å². The minimum atomic E-state index is -3.30. The first-order chi connectivity index (χ1) is 10.0. The number of aliphatic hydroxyl groups excluding tert-OH is 1. The SMILES string of the molecule is CCSC1CCC(NS(=O)(=O)Cc2ccc(CO)cc2)C1. The van der Waals surface area contributed by atoms with E-state index >= 15 is 0 Å². The van der Waals surface area contributed by atoms with Crippen molar-refractivity contribution in [1.82, 2.24) is 4.72 Å². The van der Waals surface area contributed by atoms with E-state index < -0.39 is 10.0 Å². The van der Waals surface area contributed by atoms with Gasteiger partial charge < -0.3 is 5.11 Å². The highest BCUT2D eigenvalue weighted by molar-refractivity contribution is 7.99. The van der Waals surface area contributed by atoms with Crippen LogP contribution in [-0.4, -0.2) is 30.6 Å². The molecule has 0 aromatic heterocycles. The number of nitrogens with one attached hydrogen (secondary N) is 1. The topological polar surface area (TPSA) is 66.4 Å². The molecule has 1 aliphatic rings. The minimum absolute atomic E-state index is 0.000790. The summed E-state index contributed by atoms with van der Waals surface area (Å²) in [5, 5.41) is 9.58. The molecule has 0 radical (unpaired) electrons. The van der Waals surface area contributed by atoms with Crippen LogP contribution in [-0.2, 0) is 22.4 Å². The normalized spacial score (nSPS) is 22.6. The van der Waals surface area contributed by atoms with Gasteiger partial charge in [0.15, 0.2) is 0 Å². The number of thioether (sulfide) groups is 1. The molecule has 0 aliphatic heterocycles. The van der Waals surface area contributed by atoms with E-state index in [0.717, 1.165) is 36.1 Å². The molecule has 0 saturated heterocycles. The Kier molecular flexibility index (Phi) is 6.10. The summed E-state index contributed by atoms with van der Waals surface area (Å²) in [5.41, 5.74) is 1.54. The van der Waals surface area contributed by atoms with Gasteiger partial charge in [0.1, 0.15) is 0 Å². The standard InChI is InChI=1S/C15H23NO3S2/c1-2-20-15-8-7-14(9-15)16-21(18,19)11-13-5-3-12(10-17)4-6-13/h3-6,14-17H,2,7-11H2,1H3. The first-order valence-corrected chi connectivity index (χ1v) is 10.0. The van der Waals surface area contributed by atoms with Gasteiger partial charge >= 0.3 is 0 Å². The van der Waals surface area contributed by atoms with Gasteiger partial charge in [-0.1, -0.05) is 31.2 Å². The Balaban J connectivity index is 1.89. The molecule has 21 heavy (non-hydrogen) atoms. The molecule has 118 valence electrons. The highest BCUT2D eigenvalue weighted by Gasteiger charge is 2.27. The van der Waals surface area contributed by atoms with Gasteiger partial charge in [-0.2, -0.15) is 11.8 Å². The second-order valence-electron chi connectivity index (χ2n) is 5.44. The van der Waals surface area contributed by atoms with Crippen molar-refractivity contribution >= 4 is 21.8 Å². The van der Waals surface area contributed by atoms with Crippen molar-refractivity contribution in [3.8, 4) is 0 Å². The van der Waals surface area contributed by atoms with Crippen LogP contribution in [0.4, 0.5) is 0 Å². The molecule has 0 amide bonds. The van der Waals surface area contributed by atoms with Crippen LogP contribution in [0.15, 0.2) is 24.3 Å². The fourth-order valence-electron chi connectivity index (χ4n) is 2.69. The van der Waals surface area contributed by atoms with E-state index in [1.165, 1.54) is 0 Å². The van der Waals surface area contributed by atoms with Crippen LogP contribution in [0.1, 0.15) is 37.3 Å². The average Bonchev–Trinajstić information content (AvgIpc) is 2.86. The van der Waals surface area contributed by atoms with Crippen LogP contribution in [0, 0.1) is 0 Å². The minimum Gasteiger partial charge on any atom is -0.392 e. The highest BCUT2D eigenvalue weighted by atomic mass is 32.2. The molecule has 1 aromatic rings. The largest absolute Gasteiger partial charge is 0.392 e. The third kappa shape index (κ3) is 5.29. The molecule has 2 N–H and O–H groups in total. The fraction of sp³-hybridized carbons (Fsp3) is 0.600. The Morgan fingerprint density at radius 2 is 1.90 bits per heavy atom. The lowest BCUT2D eigenvalue weighted by atomic mass is 10.2. The summed E-state index contributed by atoms with van der Waals surface area (Å²) in [6.45, 7) is 2.11. The first-order valence-electron chi connectivity index (χ1n) is 7.32. The van der Waals surface area contributed by atoms with Gasteiger partial charge in [-0.15, -0.1) is 0 Å². The molecule has 1 fully saturated rings. The maximum atomic E-state index is 12.2. The Morgan fingerprint density at radius 1 is 1.24 bits per heavy atom. The van der Waals surface area contributed by atoms with Gasteiger partial charge in [0.05, 0.1) is 12.4 Å². The van der Waals surface area contributed by atoms with Crippen LogP contribution >= 0.6 is 11.8 Å². The lowest BCUT2D eigenvalue weighted by molar-refractivity contribution is 0.282. The molecule has 6 heteroatoms. The van der Waals surface area contributed by atoms with E-state index in [1.54, 1.807) is 24.3 Å². The Morgan fingerprint density at radius 3 is 2.52 bits per heavy atom. The smallest absolute Gasteiger partial charge is 0.216 e. The summed E-state index contributed by atoms with van der Waals surface area (Å²) in [6, 6.07) is 7.11. The lowest BCUT2D eigenvalue weighted by Gasteiger charge is -2.13. The van der Waals surface area contributed by atoms with E-state index in [2.05, 4.69) is 11.6 Å². The van der Waals surface area contributed by atoms with E-state index in [-0.39, 0.29) is 18.4 Å². The quantitative estimate of drug-likeness (QED) is 0.805. The summed E-state index contributed by atoms with van der Waals surface area (Å²) in [6.07, 6.45) is 2.96. The maximum Gasteiger partial charge on any atom is 0.216 e. The number of hydrogen-bond donors (Lipinski definition) is 2. The van der Waals surface area contributed by atoms with Crippen LogP contribution < -0.4 is 4.72 Å². The van der Waals surface area contributed by atoms with Crippen LogP contribution in [0.5, 0.6) is 0 Å². The van der Waals surface area contributed by atoms with Crippen LogP contribution in [0.3, 0.4) is 0 Å². The van der Waals surface area contributed by atoms with Crippen molar-refractivity contribution in [2.75, 3.05) is 5.75 Å². The number of benzene rings is 1. The zero-order valence-electron chi connectivity index (χ0n) is 12.3. The predicted octanol–water partition coefficient (Wildman–Crippen LogP) is 2.27. The fourth-order valence-corrected chi connectivity index (χ4v) is 5.27. The van der Waals surface area contributed by atoms with Crippen molar-refractivity contribution in [3.05, 3.63) is 35.4 Å². The van der Waals surface area contributed by atoms with Crippen molar-refractivity contribution in [2.24, 2.45) is 0 Å². The molecule has 2 unspecified atom stereocenters. The molecule has 1 aromatic carbocycles. The summed E-state index contributed by atoms with van der Waals surface area (Å²) < 4.78 is 27.2. The third-order valence-electron chi connectivity index (χ3n) is 3.70. The van der Waals surface area contributed by atoms with E-state index in [1.807, 2.05) is 11.8 Å². The number of hydrogen-bond acceptors (Lipinski definition) is 4. The van der Waals surface area contributed by atoms with Gasteiger partial charge in [0, 0.05) is 11.3 Å². The molecule has 0 spiro atoms. The average molecular weight is 329 g/mol. The van der Waals surface area contributed by atoms with Crippen molar-refractivity contribution in [3.63, 3.8) is 0 Å². The first kappa shape index (κ1) is 16.8. The summed E-state index contributed by atoms with van der Waals surface area (Å²) in [7, 11) is -3.30. The van der Waals surface area contributed by atoms with Gasteiger partial charge in [-0.3, -0.25) is 0 Å². The molecule has 4 nitrogen and oxygen atoms in total. The van der Waals surface area contributed by atoms with Crippen molar-refractivity contribution < 1.29 is 13.5 Å². The van der Waals surface area contributed by atoms with Crippen molar-refractivity contribution in [2.45, 2.75) is 49.8 Å². The molecular formula is C15H23NO3S2. The molecular weight excluding hydrogens is 306 g/mol. The van der Waals surface area contributed by atoms with Gasteiger partial charge in [-0.05, 0) is 36.1 Å². The Bertz CT molecular complexity index is 543. The van der Waals surface area contributed by atoms with Gasteiger partial charge in [0.2, 0.25) is 10.0 Å². The summed E-state index contributed by atoms with van der Waals surface area (Å²) >= 11 is 1.92. The molecule has 1 saturated carbocycles. The zero-order valence-corrected chi connectivity index (χ0v) is 13.9. The Hall–Kier alpha value is -0.560. The van der Waals surface area contributed by atoms with E-state index in [0.29, 0.717) is 5.25 Å². The molecule has 0 heterocycles. The third-order valence-corrected chi connectivity index (χ3v) is 6.33. The van der Waals surface area contributed by atoms with Crippen LogP contribution in [0.2, 0.25) is 0 Å². The lowest BCUT2D eigenvalue weighted by Crippen LogP contribution is -2.34. The number of aliphatic hydroxyl groups is 1. The Labute approximate surface area is 131 Å². The van der Waals surface area contributed by atoms with E-state index in [9.17, 15) is 8.42 Å². The van der Waals surface area contributed by atoms with E-state index in [4.69, 9.17) is 5.11 Å². The highest BCUT2D eigenvalue weighted by Crippen LogP contribution is 2.30. The molecule has 1 aliphatic carbocycles. The molecule has 2 rings (SSSR count). The predicted molar refractivity (Wildman–Crippen MR) is 87.7 cm³/mol. The number of sulfonamides is 1. The summed E-state index contributed by atoms with van der Waals surface area (Å²) in [4.78, 5) is 0. The maximum absolute atomic E-state index is 12.2. The molecule has 0 bridgehead atoms. The molecule has 2 atom stereocenters. The van der Waals surface area contributed by atoms with Crippen molar-refractivity contribution in [1.29, 1.82) is 0 Å². The second kappa shape index (κ2) is 7.63. The zero-order chi connectivity index (χ0) is 15.3. The number of rotatable bonds is 7.